The summed E-state index contributed by atoms with van der Waals surface area (Å²) in [6.45, 7) is 5.98. The number of benzene rings is 1. The smallest absolute Gasteiger partial charge is 0.0664 e. The summed E-state index contributed by atoms with van der Waals surface area (Å²) < 4.78 is 0. The summed E-state index contributed by atoms with van der Waals surface area (Å²) >= 11 is 0. The van der Waals surface area contributed by atoms with Crippen molar-refractivity contribution < 1.29 is 5.11 Å². The summed E-state index contributed by atoms with van der Waals surface area (Å²) in [7, 11) is 2.17. The molecule has 1 aliphatic heterocycles. The van der Waals surface area contributed by atoms with Crippen LogP contribution < -0.4 is 0 Å². The predicted octanol–water partition coefficient (Wildman–Crippen LogP) is 1.75. The van der Waals surface area contributed by atoms with Crippen LogP contribution in [0.15, 0.2) is 30.3 Å². The topological polar surface area (TPSA) is 26.7 Å². The second-order valence-electron chi connectivity index (χ2n) is 5.25. The molecule has 1 heterocycles. The van der Waals surface area contributed by atoms with Gasteiger partial charge < -0.3 is 10.0 Å². The molecular weight excluding hydrogens is 224 g/mol. The largest absolute Gasteiger partial charge is 0.392 e. The Morgan fingerprint density at radius 1 is 1.28 bits per heavy atom. The van der Waals surface area contributed by atoms with E-state index in [1.165, 1.54) is 5.56 Å². The lowest BCUT2D eigenvalue weighted by molar-refractivity contribution is 0.0393. The number of rotatable bonds is 4. The molecule has 0 amide bonds. The molecule has 0 bridgehead atoms. The van der Waals surface area contributed by atoms with Gasteiger partial charge in [-0.15, -0.1) is 0 Å². The normalized spacial score (nSPS) is 24.1. The highest BCUT2D eigenvalue weighted by atomic mass is 16.3. The number of nitrogens with zero attached hydrogens (tertiary/aromatic N) is 2. The third-order valence-electron chi connectivity index (χ3n) is 3.80. The zero-order chi connectivity index (χ0) is 13.0. The quantitative estimate of drug-likeness (QED) is 0.879. The maximum absolute atomic E-state index is 9.89. The highest BCUT2D eigenvalue weighted by molar-refractivity contribution is 5.20. The number of β-amino-alcohol motifs (C(OH)–C–C–N with tert-alkyl or cyclic N) is 1. The first-order valence-electron chi connectivity index (χ1n) is 6.86. The molecule has 0 radical (unpaired) electrons. The Labute approximate surface area is 110 Å². The fourth-order valence-corrected chi connectivity index (χ4v) is 2.57. The van der Waals surface area contributed by atoms with E-state index in [2.05, 4.69) is 47.2 Å². The molecule has 2 rings (SSSR count). The van der Waals surface area contributed by atoms with Crippen LogP contribution in [-0.4, -0.2) is 54.2 Å². The first kappa shape index (κ1) is 13.5. The van der Waals surface area contributed by atoms with E-state index in [1.807, 2.05) is 6.92 Å². The zero-order valence-electron chi connectivity index (χ0n) is 11.4. The number of hydrogen-bond acceptors (Lipinski definition) is 3. The summed E-state index contributed by atoms with van der Waals surface area (Å²) in [6.07, 6.45) is 0.619. The van der Waals surface area contributed by atoms with Gasteiger partial charge >= 0.3 is 0 Å². The van der Waals surface area contributed by atoms with E-state index in [0.29, 0.717) is 6.04 Å². The third-order valence-corrected chi connectivity index (χ3v) is 3.80. The Kier molecular flexibility index (Phi) is 4.75. The maximum Gasteiger partial charge on any atom is 0.0664 e. The van der Waals surface area contributed by atoms with Gasteiger partial charge in [-0.2, -0.15) is 0 Å². The lowest BCUT2D eigenvalue weighted by Crippen LogP contribution is -2.49. The molecule has 1 aliphatic rings. The first-order valence-corrected chi connectivity index (χ1v) is 6.86. The fraction of sp³-hybridized carbons (Fsp3) is 0.600. The van der Waals surface area contributed by atoms with Gasteiger partial charge in [-0.3, -0.25) is 4.90 Å². The van der Waals surface area contributed by atoms with Crippen LogP contribution in [0.1, 0.15) is 24.9 Å². The number of piperazine rings is 1. The van der Waals surface area contributed by atoms with Crippen LogP contribution in [-0.2, 0) is 0 Å². The predicted molar refractivity (Wildman–Crippen MR) is 74.6 cm³/mol. The van der Waals surface area contributed by atoms with E-state index < -0.39 is 0 Å². The van der Waals surface area contributed by atoms with Gasteiger partial charge in [-0.1, -0.05) is 37.3 Å². The molecule has 1 saturated heterocycles. The van der Waals surface area contributed by atoms with Gasteiger partial charge in [0.1, 0.15) is 0 Å². The van der Waals surface area contributed by atoms with E-state index in [4.69, 9.17) is 0 Å². The van der Waals surface area contributed by atoms with Crippen LogP contribution in [0.5, 0.6) is 0 Å². The lowest BCUT2D eigenvalue weighted by atomic mass is 10.0. The van der Waals surface area contributed by atoms with Crippen molar-refractivity contribution in [3.05, 3.63) is 35.9 Å². The number of hydrogen-bond donors (Lipinski definition) is 1. The van der Waals surface area contributed by atoms with Gasteiger partial charge in [-0.25, -0.2) is 0 Å². The summed E-state index contributed by atoms with van der Waals surface area (Å²) in [5.41, 5.74) is 1.35. The van der Waals surface area contributed by atoms with E-state index >= 15 is 0 Å². The van der Waals surface area contributed by atoms with Crippen LogP contribution in [0.4, 0.5) is 0 Å². The number of aliphatic hydroxyl groups excluding tert-OH is 1. The minimum atomic E-state index is -0.209. The molecule has 18 heavy (non-hydrogen) atoms. The van der Waals surface area contributed by atoms with Crippen molar-refractivity contribution >= 4 is 0 Å². The second kappa shape index (κ2) is 6.32. The highest BCUT2D eigenvalue weighted by Crippen LogP contribution is 2.24. The minimum absolute atomic E-state index is 0.209. The van der Waals surface area contributed by atoms with Gasteiger partial charge in [0.25, 0.3) is 0 Å². The molecule has 0 aromatic heterocycles. The molecule has 3 nitrogen and oxygen atoms in total. The van der Waals surface area contributed by atoms with E-state index in [1.54, 1.807) is 0 Å². The van der Waals surface area contributed by atoms with Crippen molar-refractivity contribution in [2.45, 2.75) is 25.5 Å². The Morgan fingerprint density at radius 2 is 2.00 bits per heavy atom. The van der Waals surface area contributed by atoms with Gasteiger partial charge in [0.2, 0.25) is 0 Å². The summed E-state index contributed by atoms with van der Waals surface area (Å²) in [6, 6.07) is 11.0. The third kappa shape index (κ3) is 3.31. The Hall–Kier alpha value is -0.900. The molecule has 0 spiro atoms. The van der Waals surface area contributed by atoms with E-state index in [0.717, 1.165) is 32.6 Å². The Bertz CT molecular complexity index is 355. The van der Waals surface area contributed by atoms with Gasteiger partial charge in [0, 0.05) is 32.2 Å². The van der Waals surface area contributed by atoms with Crippen molar-refractivity contribution in [1.29, 1.82) is 0 Å². The maximum atomic E-state index is 9.89. The number of aliphatic hydroxyl groups is 1. The number of likely N-dealkylation sites (N-methyl/N-ethyl adjacent to an activating group) is 1. The SMILES string of the molecule is CCC(O)CN1CCN(C)CC1c1ccccc1. The Balaban J connectivity index is 2.11. The van der Waals surface area contributed by atoms with Crippen molar-refractivity contribution in [2.75, 3.05) is 33.2 Å². The second-order valence-corrected chi connectivity index (χ2v) is 5.25. The molecule has 1 N–H and O–H groups in total. The first-order chi connectivity index (χ1) is 8.70. The Morgan fingerprint density at radius 3 is 2.67 bits per heavy atom. The van der Waals surface area contributed by atoms with Gasteiger partial charge in [0.05, 0.1) is 6.10 Å². The van der Waals surface area contributed by atoms with Crippen LogP contribution in [0.25, 0.3) is 0 Å². The molecular formula is C15H24N2O. The molecule has 100 valence electrons. The van der Waals surface area contributed by atoms with Gasteiger partial charge in [0.15, 0.2) is 0 Å². The van der Waals surface area contributed by atoms with Crippen LogP contribution in [0.3, 0.4) is 0 Å². The fourth-order valence-electron chi connectivity index (χ4n) is 2.57. The zero-order valence-corrected chi connectivity index (χ0v) is 11.4. The lowest BCUT2D eigenvalue weighted by Gasteiger charge is -2.41. The molecule has 0 saturated carbocycles. The van der Waals surface area contributed by atoms with Gasteiger partial charge in [-0.05, 0) is 19.0 Å². The molecule has 2 unspecified atom stereocenters. The summed E-state index contributed by atoms with van der Waals surface area (Å²) in [5.74, 6) is 0. The molecule has 3 heteroatoms. The average Bonchev–Trinajstić information content (AvgIpc) is 2.41. The average molecular weight is 248 g/mol. The highest BCUT2D eigenvalue weighted by Gasteiger charge is 2.27. The van der Waals surface area contributed by atoms with E-state index in [9.17, 15) is 5.11 Å². The van der Waals surface area contributed by atoms with Crippen LogP contribution in [0, 0.1) is 0 Å². The summed E-state index contributed by atoms with van der Waals surface area (Å²) in [4.78, 5) is 4.79. The molecule has 0 aliphatic carbocycles. The van der Waals surface area contributed by atoms with Crippen molar-refractivity contribution in [1.82, 2.24) is 9.80 Å². The van der Waals surface area contributed by atoms with Crippen molar-refractivity contribution in [3.63, 3.8) is 0 Å². The monoisotopic (exact) mass is 248 g/mol. The molecule has 1 fully saturated rings. The van der Waals surface area contributed by atoms with Crippen LogP contribution in [0.2, 0.25) is 0 Å². The van der Waals surface area contributed by atoms with Crippen molar-refractivity contribution in [2.24, 2.45) is 0 Å². The van der Waals surface area contributed by atoms with Crippen molar-refractivity contribution in [3.8, 4) is 0 Å². The summed E-state index contributed by atoms with van der Waals surface area (Å²) in [5, 5.41) is 9.89. The standard InChI is InChI=1S/C15H24N2O/c1-3-14(18)11-17-10-9-16(2)12-15(17)13-7-5-4-6-8-13/h4-8,14-15,18H,3,9-12H2,1-2H3. The van der Waals surface area contributed by atoms with E-state index in [-0.39, 0.29) is 6.10 Å². The minimum Gasteiger partial charge on any atom is -0.392 e. The molecule has 1 aromatic rings. The molecule has 1 aromatic carbocycles. The molecule has 2 atom stereocenters. The van der Waals surface area contributed by atoms with Crippen LogP contribution >= 0.6 is 0 Å².